The van der Waals surface area contributed by atoms with E-state index in [0.29, 0.717) is 12.5 Å². The predicted molar refractivity (Wildman–Crippen MR) is 101 cm³/mol. The molecule has 0 fully saturated rings. The third-order valence-corrected chi connectivity index (χ3v) is 3.95. The van der Waals surface area contributed by atoms with E-state index in [1.165, 1.54) is 5.56 Å². The second kappa shape index (κ2) is 8.15. The number of benzene rings is 2. The molecule has 0 aliphatic carbocycles. The zero-order valence-electron chi connectivity index (χ0n) is 14.5. The van der Waals surface area contributed by atoms with Crippen molar-refractivity contribution in [3.05, 3.63) is 71.9 Å². The molecule has 0 aliphatic rings. The van der Waals surface area contributed by atoms with Crippen LogP contribution in [0.25, 0.3) is 0 Å². The summed E-state index contributed by atoms with van der Waals surface area (Å²) in [6.45, 7) is 2.76. The molecule has 0 radical (unpaired) electrons. The Kier molecular flexibility index (Phi) is 5.46. The van der Waals surface area contributed by atoms with Crippen molar-refractivity contribution in [3.63, 3.8) is 0 Å². The average Bonchev–Trinajstić information content (AvgIpc) is 2.67. The van der Waals surface area contributed by atoms with Crippen LogP contribution in [0, 0.1) is 0 Å². The first-order valence-corrected chi connectivity index (χ1v) is 8.34. The maximum Gasteiger partial charge on any atom is 0.229 e. The van der Waals surface area contributed by atoms with Gasteiger partial charge in [-0.2, -0.15) is 4.98 Å². The monoisotopic (exact) mass is 334 g/mol. The molecule has 25 heavy (non-hydrogen) atoms. The number of aryl methyl sites for hydroxylation is 1. The SMILES string of the molecule is CCc1ccccc1Nc1nccc(NCc2ccccc2OC)n1. The predicted octanol–water partition coefficient (Wildman–Crippen LogP) is 4.40. The molecule has 0 spiro atoms. The van der Waals surface area contributed by atoms with Crippen LogP contribution in [0.4, 0.5) is 17.5 Å². The zero-order chi connectivity index (χ0) is 17.5. The number of para-hydroxylation sites is 2. The molecular weight excluding hydrogens is 312 g/mol. The number of ether oxygens (including phenoxy) is 1. The Bertz CT molecular complexity index is 835. The van der Waals surface area contributed by atoms with Crippen molar-refractivity contribution >= 4 is 17.5 Å². The molecule has 0 amide bonds. The Morgan fingerprint density at radius 1 is 0.960 bits per heavy atom. The molecule has 0 atom stereocenters. The van der Waals surface area contributed by atoms with Crippen molar-refractivity contribution in [2.75, 3.05) is 17.7 Å². The van der Waals surface area contributed by atoms with E-state index in [4.69, 9.17) is 4.74 Å². The summed E-state index contributed by atoms with van der Waals surface area (Å²) in [5.41, 5.74) is 3.35. The van der Waals surface area contributed by atoms with Crippen molar-refractivity contribution in [3.8, 4) is 5.75 Å². The summed E-state index contributed by atoms with van der Waals surface area (Å²) < 4.78 is 5.38. The highest BCUT2D eigenvalue weighted by molar-refractivity contribution is 5.59. The Hall–Kier alpha value is -3.08. The van der Waals surface area contributed by atoms with Crippen LogP contribution in [-0.2, 0) is 13.0 Å². The van der Waals surface area contributed by atoms with Gasteiger partial charge in [0.15, 0.2) is 0 Å². The Morgan fingerprint density at radius 3 is 2.52 bits per heavy atom. The smallest absolute Gasteiger partial charge is 0.229 e. The van der Waals surface area contributed by atoms with E-state index in [1.54, 1.807) is 13.3 Å². The van der Waals surface area contributed by atoms with E-state index in [-0.39, 0.29) is 0 Å². The lowest BCUT2D eigenvalue weighted by atomic mass is 10.1. The second-order valence-electron chi connectivity index (χ2n) is 5.57. The van der Waals surface area contributed by atoms with Crippen molar-refractivity contribution in [1.29, 1.82) is 0 Å². The molecule has 0 bridgehead atoms. The van der Waals surface area contributed by atoms with Gasteiger partial charge in [0, 0.05) is 24.0 Å². The van der Waals surface area contributed by atoms with Crippen molar-refractivity contribution in [1.82, 2.24) is 9.97 Å². The number of hydrogen-bond donors (Lipinski definition) is 2. The highest BCUT2D eigenvalue weighted by Crippen LogP contribution is 2.21. The van der Waals surface area contributed by atoms with Crippen LogP contribution in [0.5, 0.6) is 5.75 Å². The summed E-state index contributed by atoms with van der Waals surface area (Å²) in [5.74, 6) is 2.20. The fourth-order valence-electron chi connectivity index (χ4n) is 2.62. The maximum absolute atomic E-state index is 5.38. The van der Waals surface area contributed by atoms with Gasteiger partial charge in [0.1, 0.15) is 11.6 Å². The molecule has 0 unspecified atom stereocenters. The summed E-state index contributed by atoms with van der Waals surface area (Å²) in [6, 6.07) is 18.0. The molecule has 0 saturated heterocycles. The largest absolute Gasteiger partial charge is 0.496 e. The van der Waals surface area contributed by atoms with Gasteiger partial charge in [-0.1, -0.05) is 43.3 Å². The minimum atomic E-state index is 0.575. The van der Waals surface area contributed by atoms with E-state index in [2.05, 4.69) is 33.6 Å². The molecule has 2 N–H and O–H groups in total. The Morgan fingerprint density at radius 2 is 1.72 bits per heavy atom. The topological polar surface area (TPSA) is 59.1 Å². The molecule has 2 aromatic carbocycles. The lowest BCUT2D eigenvalue weighted by Gasteiger charge is -2.12. The summed E-state index contributed by atoms with van der Waals surface area (Å²) in [5, 5.41) is 6.62. The van der Waals surface area contributed by atoms with Gasteiger partial charge in [-0.15, -0.1) is 0 Å². The molecule has 0 aliphatic heterocycles. The average molecular weight is 334 g/mol. The maximum atomic E-state index is 5.38. The van der Waals surface area contributed by atoms with Gasteiger partial charge >= 0.3 is 0 Å². The number of hydrogen-bond acceptors (Lipinski definition) is 5. The minimum Gasteiger partial charge on any atom is -0.496 e. The van der Waals surface area contributed by atoms with E-state index in [1.807, 2.05) is 48.5 Å². The van der Waals surface area contributed by atoms with Crippen LogP contribution in [0.1, 0.15) is 18.1 Å². The Labute approximate surface area is 148 Å². The third kappa shape index (κ3) is 4.26. The molecule has 1 heterocycles. The normalized spacial score (nSPS) is 10.3. The first-order chi connectivity index (χ1) is 12.3. The molecule has 0 saturated carbocycles. The van der Waals surface area contributed by atoms with Gasteiger partial charge in [0.25, 0.3) is 0 Å². The number of aromatic nitrogens is 2. The highest BCUT2D eigenvalue weighted by Gasteiger charge is 2.05. The van der Waals surface area contributed by atoms with Gasteiger partial charge in [0.2, 0.25) is 5.95 Å². The first-order valence-electron chi connectivity index (χ1n) is 8.34. The molecule has 5 nitrogen and oxygen atoms in total. The van der Waals surface area contributed by atoms with Crippen LogP contribution < -0.4 is 15.4 Å². The van der Waals surface area contributed by atoms with Crippen molar-refractivity contribution in [2.24, 2.45) is 0 Å². The third-order valence-electron chi connectivity index (χ3n) is 3.95. The molecule has 3 aromatic rings. The highest BCUT2D eigenvalue weighted by atomic mass is 16.5. The number of nitrogens with one attached hydrogen (secondary N) is 2. The Balaban J connectivity index is 1.71. The van der Waals surface area contributed by atoms with E-state index < -0.39 is 0 Å². The van der Waals surface area contributed by atoms with Gasteiger partial charge < -0.3 is 15.4 Å². The molecular formula is C20H22N4O. The van der Waals surface area contributed by atoms with Crippen LogP contribution >= 0.6 is 0 Å². The molecule has 128 valence electrons. The minimum absolute atomic E-state index is 0.575. The standard InChI is InChI=1S/C20H22N4O/c1-3-15-8-4-6-10-17(15)23-20-21-13-12-19(24-20)22-14-16-9-5-7-11-18(16)25-2/h4-13H,3,14H2,1-2H3,(H2,21,22,23,24). The van der Waals surface area contributed by atoms with Crippen LogP contribution in [0.3, 0.4) is 0 Å². The van der Waals surface area contributed by atoms with Gasteiger partial charge in [-0.05, 0) is 30.2 Å². The summed E-state index contributed by atoms with van der Waals surface area (Å²) in [7, 11) is 1.68. The lowest BCUT2D eigenvalue weighted by molar-refractivity contribution is 0.410. The van der Waals surface area contributed by atoms with Gasteiger partial charge in [-0.3, -0.25) is 0 Å². The fourth-order valence-corrected chi connectivity index (χ4v) is 2.62. The van der Waals surface area contributed by atoms with E-state index in [0.717, 1.165) is 29.2 Å². The van der Waals surface area contributed by atoms with Crippen LogP contribution in [0.15, 0.2) is 60.8 Å². The zero-order valence-corrected chi connectivity index (χ0v) is 14.5. The van der Waals surface area contributed by atoms with Crippen molar-refractivity contribution < 1.29 is 4.74 Å². The first kappa shape index (κ1) is 16.8. The molecule has 5 heteroatoms. The second-order valence-corrected chi connectivity index (χ2v) is 5.57. The number of nitrogens with zero attached hydrogens (tertiary/aromatic N) is 2. The summed E-state index contributed by atoms with van der Waals surface area (Å²) in [6.07, 6.45) is 2.70. The lowest BCUT2D eigenvalue weighted by Crippen LogP contribution is -2.05. The van der Waals surface area contributed by atoms with Gasteiger partial charge in [-0.25, -0.2) is 4.98 Å². The number of methoxy groups -OCH3 is 1. The van der Waals surface area contributed by atoms with Crippen LogP contribution in [0.2, 0.25) is 0 Å². The van der Waals surface area contributed by atoms with E-state index in [9.17, 15) is 0 Å². The van der Waals surface area contributed by atoms with E-state index >= 15 is 0 Å². The quantitative estimate of drug-likeness (QED) is 0.670. The molecule has 1 aromatic heterocycles. The number of rotatable bonds is 7. The fraction of sp³-hybridized carbons (Fsp3) is 0.200. The van der Waals surface area contributed by atoms with Crippen LogP contribution in [-0.4, -0.2) is 17.1 Å². The molecule has 3 rings (SSSR count). The summed E-state index contributed by atoms with van der Waals surface area (Å²) >= 11 is 0. The van der Waals surface area contributed by atoms with Crippen molar-refractivity contribution in [2.45, 2.75) is 19.9 Å². The summed E-state index contributed by atoms with van der Waals surface area (Å²) in [4.78, 5) is 8.85. The number of anilines is 3. The van der Waals surface area contributed by atoms with Gasteiger partial charge in [0.05, 0.1) is 7.11 Å².